The highest BCUT2D eigenvalue weighted by atomic mass is 32.1. The number of ether oxygens (including phenoxy) is 1. The molecule has 7 nitrogen and oxygen atoms in total. The summed E-state index contributed by atoms with van der Waals surface area (Å²) in [5, 5.41) is 12.8. The molecule has 0 saturated heterocycles. The highest BCUT2D eigenvalue weighted by molar-refractivity contribution is 7.15. The minimum Gasteiger partial charge on any atom is -0.484 e. The van der Waals surface area contributed by atoms with Gasteiger partial charge in [0.15, 0.2) is 6.61 Å². The average Bonchev–Trinajstić information content (AvgIpc) is 3.13. The number of carbonyl (C=O) groups excluding carboxylic acids is 1. The van der Waals surface area contributed by atoms with Crippen LogP contribution >= 0.6 is 11.3 Å². The Bertz CT molecular complexity index is 1220. The minimum absolute atomic E-state index is 0.199. The fraction of sp³-hybridized carbons (Fsp3) is 0.143. The summed E-state index contributed by atoms with van der Waals surface area (Å²) in [5.74, 6) is 0.0848. The molecule has 0 spiro atoms. The fourth-order valence-electron chi connectivity index (χ4n) is 2.85. The first-order valence-corrected chi connectivity index (χ1v) is 9.72. The lowest BCUT2D eigenvalue weighted by Gasteiger charge is -2.07. The van der Waals surface area contributed by atoms with Gasteiger partial charge in [0.1, 0.15) is 16.3 Å². The summed E-state index contributed by atoms with van der Waals surface area (Å²) in [7, 11) is 0. The maximum absolute atomic E-state index is 12.2. The molecular formula is C21H17N3O4S. The molecule has 0 unspecified atom stereocenters. The smallest absolute Gasteiger partial charge is 0.336 e. The van der Waals surface area contributed by atoms with Gasteiger partial charge in [-0.05, 0) is 30.2 Å². The van der Waals surface area contributed by atoms with Gasteiger partial charge >= 0.3 is 5.63 Å². The molecule has 0 saturated carbocycles. The predicted molar refractivity (Wildman–Crippen MR) is 111 cm³/mol. The Labute approximate surface area is 170 Å². The van der Waals surface area contributed by atoms with E-state index in [9.17, 15) is 9.59 Å². The Morgan fingerprint density at radius 3 is 2.79 bits per heavy atom. The zero-order chi connectivity index (χ0) is 20.2. The molecule has 4 rings (SSSR count). The molecule has 0 fully saturated rings. The van der Waals surface area contributed by atoms with Crippen molar-refractivity contribution in [2.75, 3.05) is 11.9 Å². The van der Waals surface area contributed by atoms with E-state index in [1.165, 1.54) is 17.4 Å². The Balaban J connectivity index is 1.36. The third-order valence-corrected chi connectivity index (χ3v) is 5.04. The van der Waals surface area contributed by atoms with E-state index in [0.29, 0.717) is 22.9 Å². The summed E-state index contributed by atoms with van der Waals surface area (Å²) >= 11 is 1.32. The summed E-state index contributed by atoms with van der Waals surface area (Å²) in [6.45, 7) is 1.64. The molecule has 146 valence electrons. The van der Waals surface area contributed by atoms with Crippen LogP contribution in [0.25, 0.3) is 11.0 Å². The van der Waals surface area contributed by atoms with Crippen molar-refractivity contribution < 1.29 is 13.9 Å². The number of nitrogens with zero attached hydrogens (tertiary/aromatic N) is 2. The topological polar surface area (TPSA) is 94.3 Å². The van der Waals surface area contributed by atoms with E-state index >= 15 is 0 Å². The lowest BCUT2D eigenvalue weighted by atomic mass is 10.1. The zero-order valence-electron chi connectivity index (χ0n) is 15.5. The number of benzene rings is 2. The monoisotopic (exact) mass is 407 g/mol. The first kappa shape index (κ1) is 18.8. The van der Waals surface area contributed by atoms with Gasteiger partial charge in [0.05, 0.1) is 0 Å². The molecule has 0 aliphatic rings. The van der Waals surface area contributed by atoms with Gasteiger partial charge in [-0.1, -0.05) is 41.7 Å². The molecule has 1 amide bonds. The van der Waals surface area contributed by atoms with Gasteiger partial charge in [0.2, 0.25) is 5.13 Å². The maximum atomic E-state index is 12.2. The largest absolute Gasteiger partial charge is 0.484 e. The Morgan fingerprint density at radius 1 is 1.14 bits per heavy atom. The number of hydrogen-bond donors (Lipinski definition) is 1. The highest BCUT2D eigenvalue weighted by Crippen LogP contribution is 2.22. The second kappa shape index (κ2) is 8.24. The zero-order valence-corrected chi connectivity index (χ0v) is 16.4. The van der Waals surface area contributed by atoms with E-state index in [0.717, 1.165) is 21.5 Å². The van der Waals surface area contributed by atoms with Crippen molar-refractivity contribution in [2.45, 2.75) is 13.3 Å². The maximum Gasteiger partial charge on any atom is 0.336 e. The quantitative estimate of drug-likeness (QED) is 0.491. The van der Waals surface area contributed by atoms with Gasteiger partial charge in [-0.25, -0.2) is 4.79 Å². The normalized spacial score (nSPS) is 10.8. The van der Waals surface area contributed by atoms with Crippen LogP contribution in [0, 0.1) is 6.92 Å². The van der Waals surface area contributed by atoms with Crippen molar-refractivity contribution in [3.05, 3.63) is 81.2 Å². The summed E-state index contributed by atoms with van der Waals surface area (Å²) in [4.78, 5) is 23.7. The molecule has 1 N–H and O–H groups in total. The highest BCUT2D eigenvalue weighted by Gasteiger charge is 2.10. The molecule has 0 bridgehead atoms. The first-order valence-electron chi connectivity index (χ1n) is 8.90. The SMILES string of the molecule is Cc1cc(=O)oc2cc(OCC(=O)Nc3nnc(Cc4ccccc4)s3)ccc12. The van der Waals surface area contributed by atoms with Crippen molar-refractivity contribution in [1.82, 2.24) is 10.2 Å². The van der Waals surface area contributed by atoms with Gasteiger partial charge in [0, 0.05) is 23.9 Å². The van der Waals surface area contributed by atoms with Gasteiger partial charge < -0.3 is 9.15 Å². The molecule has 2 aromatic carbocycles. The minimum atomic E-state index is -0.424. The van der Waals surface area contributed by atoms with Crippen molar-refractivity contribution >= 4 is 33.3 Å². The van der Waals surface area contributed by atoms with Crippen LogP contribution in [0.3, 0.4) is 0 Å². The molecule has 8 heteroatoms. The third kappa shape index (κ3) is 4.67. The fourth-order valence-corrected chi connectivity index (χ4v) is 3.64. The van der Waals surface area contributed by atoms with Crippen LogP contribution in [-0.4, -0.2) is 22.7 Å². The van der Waals surface area contributed by atoms with E-state index in [1.54, 1.807) is 18.2 Å². The molecule has 0 radical (unpaired) electrons. The second-order valence-corrected chi connectivity index (χ2v) is 7.47. The van der Waals surface area contributed by atoms with Gasteiger partial charge in [-0.15, -0.1) is 10.2 Å². The van der Waals surface area contributed by atoms with Crippen LogP contribution in [0.15, 0.2) is 63.8 Å². The van der Waals surface area contributed by atoms with Gasteiger partial charge in [-0.3, -0.25) is 10.1 Å². The second-order valence-electron chi connectivity index (χ2n) is 6.41. The summed E-state index contributed by atoms with van der Waals surface area (Å²) in [6, 6.07) is 16.5. The molecule has 0 aliphatic heterocycles. The van der Waals surface area contributed by atoms with Crippen LogP contribution in [0.1, 0.15) is 16.1 Å². The Kier molecular flexibility index (Phi) is 5.35. The van der Waals surface area contributed by atoms with Crippen LogP contribution in [0.5, 0.6) is 5.75 Å². The Hall–Kier alpha value is -3.52. The lowest BCUT2D eigenvalue weighted by molar-refractivity contribution is -0.118. The van der Waals surface area contributed by atoms with Gasteiger partial charge in [0.25, 0.3) is 5.91 Å². The van der Waals surface area contributed by atoms with Crippen LogP contribution in [-0.2, 0) is 11.2 Å². The van der Waals surface area contributed by atoms with E-state index in [2.05, 4.69) is 15.5 Å². The number of carbonyl (C=O) groups is 1. The predicted octanol–water partition coefficient (Wildman–Crippen LogP) is 3.56. The van der Waals surface area contributed by atoms with E-state index < -0.39 is 5.63 Å². The number of hydrogen-bond acceptors (Lipinski definition) is 7. The first-order chi connectivity index (χ1) is 14.1. The molecule has 0 atom stereocenters. The molecular weight excluding hydrogens is 390 g/mol. The van der Waals surface area contributed by atoms with E-state index in [1.807, 2.05) is 37.3 Å². The number of anilines is 1. The molecule has 2 aromatic heterocycles. The number of aryl methyl sites for hydroxylation is 1. The number of nitrogens with one attached hydrogen (secondary N) is 1. The number of amides is 1. The van der Waals surface area contributed by atoms with Gasteiger partial charge in [-0.2, -0.15) is 0 Å². The molecule has 29 heavy (non-hydrogen) atoms. The van der Waals surface area contributed by atoms with E-state index in [-0.39, 0.29) is 12.5 Å². The van der Waals surface area contributed by atoms with Crippen molar-refractivity contribution in [2.24, 2.45) is 0 Å². The third-order valence-electron chi connectivity index (χ3n) is 4.20. The van der Waals surface area contributed by atoms with Crippen molar-refractivity contribution in [3.63, 3.8) is 0 Å². The van der Waals surface area contributed by atoms with Crippen LogP contribution < -0.4 is 15.7 Å². The van der Waals surface area contributed by atoms with Crippen LogP contribution in [0.4, 0.5) is 5.13 Å². The average molecular weight is 407 g/mol. The molecule has 0 aliphatic carbocycles. The van der Waals surface area contributed by atoms with Crippen molar-refractivity contribution in [3.8, 4) is 5.75 Å². The van der Waals surface area contributed by atoms with Crippen molar-refractivity contribution in [1.29, 1.82) is 0 Å². The summed E-state index contributed by atoms with van der Waals surface area (Å²) in [5.41, 5.74) is 1.95. The number of aromatic nitrogens is 2. The van der Waals surface area contributed by atoms with Crippen LogP contribution in [0.2, 0.25) is 0 Å². The summed E-state index contributed by atoms with van der Waals surface area (Å²) < 4.78 is 10.7. The Morgan fingerprint density at radius 2 is 1.97 bits per heavy atom. The summed E-state index contributed by atoms with van der Waals surface area (Å²) in [6.07, 6.45) is 0.659. The number of rotatable bonds is 6. The molecule has 4 aromatic rings. The molecule has 2 heterocycles. The lowest BCUT2D eigenvalue weighted by Crippen LogP contribution is -2.20. The standard InChI is InChI=1S/C21H17N3O4S/c1-13-9-20(26)28-17-11-15(7-8-16(13)17)27-12-18(25)22-21-24-23-19(29-21)10-14-5-3-2-4-6-14/h2-9,11H,10,12H2,1H3,(H,22,24,25). The van der Waals surface area contributed by atoms with E-state index in [4.69, 9.17) is 9.15 Å². The number of fused-ring (bicyclic) bond motifs is 1.